The second kappa shape index (κ2) is 12.9. The number of aromatic amines is 1. The number of allylic oxidation sites excluding steroid dienone is 2. The van der Waals surface area contributed by atoms with E-state index in [2.05, 4.69) is 49.3 Å². The molecule has 4 aliphatic carbocycles. The highest BCUT2D eigenvalue weighted by Gasteiger charge is 2.61. The van der Waals surface area contributed by atoms with Crippen LogP contribution in [0.15, 0.2) is 64.0 Å². The Morgan fingerprint density at radius 3 is 2.60 bits per heavy atom. The zero-order valence-corrected chi connectivity index (χ0v) is 29.1. The van der Waals surface area contributed by atoms with Crippen molar-refractivity contribution >= 4 is 39.4 Å². The number of pyridine rings is 1. The minimum atomic E-state index is -0.328. The van der Waals surface area contributed by atoms with Crippen molar-refractivity contribution in [1.29, 1.82) is 0 Å². The summed E-state index contributed by atoms with van der Waals surface area (Å²) in [6.45, 7) is 9.35. The fourth-order valence-electron chi connectivity index (χ4n) is 10.5. The predicted octanol–water partition coefficient (Wildman–Crippen LogP) is 8.86. The molecule has 1 amide bonds. The fraction of sp³-hybridized carbons (Fsp3) is 0.561. The second-order valence-electron chi connectivity index (χ2n) is 15.6. The normalized spacial score (nSPS) is 32.0. The van der Waals surface area contributed by atoms with E-state index in [1.165, 1.54) is 24.8 Å². The van der Waals surface area contributed by atoms with Gasteiger partial charge in [0.05, 0.1) is 16.8 Å². The maximum atomic E-state index is 13.5. The minimum Gasteiger partial charge on any atom is -0.462 e. The molecule has 254 valence electrons. The molecule has 0 spiro atoms. The summed E-state index contributed by atoms with van der Waals surface area (Å²) in [6, 6.07) is 12.6. The lowest BCUT2D eigenvalue weighted by Crippen LogP contribution is -2.54. The predicted molar refractivity (Wildman–Crippen MR) is 192 cm³/mol. The van der Waals surface area contributed by atoms with E-state index in [9.17, 15) is 14.4 Å². The van der Waals surface area contributed by atoms with Crippen molar-refractivity contribution in [1.82, 2.24) is 10.4 Å². The number of hydrazone groups is 1. The highest BCUT2D eigenvalue weighted by Crippen LogP contribution is 2.66. The van der Waals surface area contributed by atoms with Crippen molar-refractivity contribution in [2.45, 2.75) is 111 Å². The number of H-pyrrole nitrogens is 1. The van der Waals surface area contributed by atoms with E-state index < -0.39 is 0 Å². The maximum absolute atomic E-state index is 13.5. The Bertz CT molecular complexity index is 1860. The van der Waals surface area contributed by atoms with E-state index in [1.54, 1.807) is 24.3 Å². The molecule has 7 heteroatoms. The molecule has 3 aromatic rings. The van der Waals surface area contributed by atoms with E-state index in [0.717, 1.165) is 57.1 Å². The highest BCUT2D eigenvalue weighted by molar-refractivity contribution is 6.08. The van der Waals surface area contributed by atoms with Gasteiger partial charge < -0.3 is 9.72 Å². The van der Waals surface area contributed by atoms with Gasteiger partial charge in [0.15, 0.2) is 5.43 Å². The van der Waals surface area contributed by atoms with Crippen LogP contribution < -0.4 is 10.9 Å². The molecule has 3 fully saturated rings. The van der Waals surface area contributed by atoms with E-state index in [-0.39, 0.29) is 34.2 Å². The van der Waals surface area contributed by atoms with Crippen LogP contribution >= 0.6 is 0 Å². The number of rotatable bonds is 8. The average Bonchev–Trinajstić information content (AvgIpc) is 3.41. The summed E-state index contributed by atoms with van der Waals surface area (Å²) in [5, 5.41) is 5.76. The summed E-state index contributed by atoms with van der Waals surface area (Å²) in [7, 11) is 0. The number of para-hydroxylation sites is 2. The number of carbonyl (C=O) groups excluding carboxylic acids is 2. The summed E-state index contributed by atoms with van der Waals surface area (Å²) in [5.41, 5.74) is 6.82. The number of ether oxygens (including phenoxy) is 1. The summed E-state index contributed by atoms with van der Waals surface area (Å²) < 4.78 is 6.22. The van der Waals surface area contributed by atoms with Gasteiger partial charge in [0, 0.05) is 28.1 Å². The molecule has 0 bridgehead atoms. The Labute approximate surface area is 284 Å². The fourth-order valence-corrected chi connectivity index (χ4v) is 10.5. The number of amides is 1. The number of unbranched alkanes of at least 4 members (excludes halogenated alkanes) is 3. The lowest BCUT2D eigenvalue weighted by Gasteiger charge is -2.60. The van der Waals surface area contributed by atoms with Crippen molar-refractivity contribution in [3.8, 4) is 0 Å². The van der Waals surface area contributed by atoms with Crippen LogP contribution in [0, 0.1) is 34.5 Å². The van der Waals surface area contributed by atoms with E-state index >= 15 is 0 Å². The molecular weight excluding hydrogens is 598 g/mol. The number of hydrogen-bond donors (Lipinski definition) is 2. The molecular formula is C41H51N3O4. The summed E-state index contributed by atoms with van der Waals surface area (Å²) in [5.74, 6) is 1.99. The van der Waals surface area contributed by atoms with E-state index in [1.807, 2.05) is 18.2 Å². The Morgan fingerprint density at radius 2 is 1.77 bits per heavy atom. The third kappa shape index (κ3) is 5.51. The molecule has 1 aromatic heterocycles. The van der Waals surface area contributed by atoms with Crippen LogP contribution in [0.25, 0.3) is 21.8 Å². The standard InChI is InChI=1S/C41H51N3O4/c1-5-6-7-8-16-36(45)48-35-20-19-32-28-18-17-26-24-27(23-25(2)41(26,4)33(28)21-22-40(32,35)3)43-44-39(47)31-14-11-13-30-37(31)42-34-15-10-9-12-29(34)38(30)46/h9-15,23,26,28,32-33,35H,5-8,16-22,24H2,1-4H3,(H,42,46)(H,44,47). The Hall–Kier alpha value is -3.74. The molecule has 3 saturated carbocycles. The van der Waals surface area contributed by atoms with Gasteiger partial charge in [-0.1, -0.05) is 63.8 Å². The third-order valence-corrected chi connectivity index (χ3v) is 13.3. The monoisotopic (exact) mass is 649 g/mol. The molecule has 0 radical (unpaired) electrons. The van der Waals surface area contributed by atoms with Gasteiger partial charge in [0.1, 0.15) is 6.10 Å². The van der Waals surface area contributed by atoms with Gasteiger partial charge in [-0.2, -0.15) is 5.10 Å². The molecule has 7 unspecified atom stereocenters. The summed E-state index contributed by atoms with van der Waals surface area (Å²) >= 11 is 0. The lowest BCUT2D eigenvalue weighted by molar-refractivity contribution is -0.161. The number of hydrogen-bond acceptors (Lipinski definition) is 5. The van der Waals surface area contributed by atoms with Gasteiger partial charge in [0.2, 0.25) is 0 Å². The van der Waals surface area contributed by atoms with Crippen LogP contribution in [-0.4, -0.2) is 28.7 Å². The smallest absolute Gasteiger partial charge is 0.306 e. The van der Waals surface area contributed by atoms with Crippen LogP contribution in [-0.2, 0) is 9.53 Å². The molecule has 48 heavy (non-hydrogen) atoms. The van der Waals surface area contributed by atoms with Gasteiger partial charge in [-0.3, -0.25) is 14.4 Å². The maximum Gasteiger partial charge on any atom is 0.306 e. The minimum absolute atomic E-state index is 0.00275. The number of esters is 1. The molecule has 4 aliphatic rings. The van der Waals surface area contributed by atoms with Crippen molar-refractivity contribution < 1.29 is 14.3 Å². The zero-order chi connectivity index (χ0) is 33.6. The average molecular weight is 650 g/mol. The first-order chi connectivity index (χ1) is 23.1. The van der Waals surface area contributed by atoms with Crippen LogP contribution in [0.1, 0.15) is 115 Å². The van der Waals surface area contributed by atoms with Gasteiger partial charge in [0.25, 0.3) is 5.91 Å². The molecule has 7 nitrogen and oxygen atoms in total. The van der Waals surface area contributed by atoms with Crippen LogP contribution in [0.3, 0.4) is 0 Å². The Kier molecular flexibility index (Phi) is 8.84. The molecule has 2 N–H and O–H groups in total. The van der Waals surface area contributed by atoms with Gasteiger partial charge in [-0.25, -0.2) is 5.43 Å². The second-order valence-corrected chi connectivity index (χ2v) is 15.6. The highest BCUT2D eigenvalue weighted by atomic mass is 16.5. The third-order valence-electron chi connectivity index (χ3n) is 13.3. The van der Waals surface area contributed by atoms with E-state index in [0.29, 0.717) is 57.5 Å². The lowest BCUT2D eigenvalue weighted by atomic mass is 9.45. The van der Waals surface area contributed by atoms with Crippen molar-refractivity contribution in [2.24, 2.45) is 39.6 Å². The zero-order valence-electron chi connectivity index (χ0n) is 29.1. The molecule has 7 atom stereocenters. The number of nitrogens with zero attached hydrogens (tertiary/aromatic N) is 1. The molecule has 0 aliphatic heterocycles. The number of carbonyl (C=O) groups is 2. The van der Waals surface area contributed by atoms with Crippen molar-refractivity contribution in [3.63, 3.8) is 0 Å². The number of nitrogens with one attached hydrogen (secondary N) is 2. The Balaban J connectivity index is 1.06. The van der Waals surface area contributed by atoms with Gasteiger partial charge in [-0.15, -0.1) is 0 Å². The number of aromatic nitrogens is 1. The molecule has 7 rings (SSSR count). The quantitative estimate of drug-likeness (QED) is 0.110. The van der Waals surface area contributed by atoms with Crippen LogP contribution in [0.5, 0.6) is 0 Å². The van der Waals surface area contributed by atoms with Gasteiger partial charge >= 0.3 is 5.97 Å². The molecule has 2 aromatic carbocycles. The first kappa shape index (κ1) is 32.8. The summed E-state index contributed by atoms with van der Waals surface area (Å²) in [6.07, 6.45) is 14.8. The first-order valence-electron chi connectivity index (χ1n) is 18.4. The Morgan fingerprint density at radius 1 is 0.958 bits per heavy atom. The summed E-state index contributed by atoms with van der Waals surface area (Å²) in [4.78, 5) is 42.7. The molecule has 1 heterocycles. The van der Waals surface area contributed by atoms with Crippen LogP contribution in [0.4, 0.5) is 0 Å². The number of benzene rings is 2. The topological polar surface area (TPSA) is 101 Å². The van der Waals surface area contributed by atoms with Crippen molar-refractivity contribution in [3.05, 3.63) is 69.9 Å². The number of fused-ring (bicyclic) bond motifs is 7. The van der Waals surface area contributed by atoms with E-state index in [4.69, 9.17) is 4.74 Å². The first-order valence-corrected chi connectivity index (χ1v) is 18.4. The van der Waals surface area contributed by atoms with Gasteiger partial charge in [-0.05, 0) is 118 Å². The molecule has 0 saturated heterocycles. The van der Waals surface area contributed by atoms with Crippen molar-refractivity contribution in [2.75, 3.05) is 0 Å². The largest absolute Gasteiger partial charge is 0.462 e. The van der Waals surface area contributed by atoms with Crippen LogP contribution in [0.2, 0.25) is 0 Å². The SMILES string of the molecule is CCCCCCC(=O)OC1CCC2C3CCC4CC(=NNC(=O)c5cccc6c(=O)c7ccccc7[nH]c56)C=C(C)C4(C)C3CCC12C.